The number of amides is 1. The summed E-state index contributed by atoms with van der Waals surface area (Å²) in [6.45, 7) is 2.83. The van der Waals surface area contributed by atoms with Gasteiger partial charge in [0.05, 0.1) is 18.1 Å². The Morgan fingerprint density at radius 2 is 1.86 bits per heavy atom. The van der Waals surface area contributed by atoms with Crippen LogP contribution in [0.3, 0.4) is 0 Å². The van der Waals surface area contributed by atoms with Crippen LogP contribution in [0.4, 0.5) is 5.69 Å². The van der Waals surface area contributed by atoms with Crippen LogP contribution in [0.1, 0.15) is 32.3 Å². The van der Waals surface area contributed by atoms with Crippen LogP contribution in [0, 0.1) is 11.3 Å². The number of esters is 1. The number of ether oxygens (including phenoxy) is 1. The number of benzene rings is 1. The van der Waals surface area contributed by atoms with Gasteiger partial charge in [0.25, 0.3) is 5.91 Å². The van der Waals surface area contributed by atoms with Gasteiger partial charge in [-0.05, 0) is 38.1 Å². The molecule has 0 unspecified atom stereocenters. The van der Waals surface area contributed by atoms with Gasteiger partial charge in [-0.15, -0.1) is 0 Å². The number of hydrogen-bond donors (Lipinski definition) is 1. The van der Waals surface area contributed by atoms with Crippen molar-refractivity contribution in [3.05, 3.63) is 29.8 Å². The summed E-state index contributed by atoms with van der Waals surface area (Å²) in [6.07, 6.45) is -0.896. The summed E-state index contributed by atoms with van der Waals surface area (Å²) in [7, 11) is 0. The zero-order valence-corrected chi connectivity index (χ0v) is 11.9. The number of rotatable bonds is 6. The highest BCUT2D eigenvalue weighted by Gasteiger charge is 2.18. The van der Waals surface area contributed by atoms with Crippen LogP contribution in [0.15, 0.2) is 24.3 Å². The predicted octanol–water partition coefficient (Wildman–Crippen LogP) is 1.80. The topological polar surface area (TPSA) is 96.3 Å². The molecule has 1 N–H and O–H groups in total. The average Bonchev–Trinajstić information content (AvgIpc) is 2.45. The van der Waals surface area contributed by atoms with Crippen LogP contribution in [-0.2, 0) is 19.1 Å². The molecule has 1 aromatic rings. The lowest BCUT2D eigenvalue weighted by molar-refractivity contribution is -0.153. The zero-order valence-electron chi connectivity index (χ0n) is 11.9. The average molecular weight is 288 g/mol. The lowest BCUT2D eigenvalue weighted by Gasteiger charge is -2.13. The molecule has 0 aromatic heterocycles. The largest absolute Gasteiger partial charge is 0.453 e. The van der Waals surface area contributed by atoms with Crippen molar-refractivity contribution >= 4 is 23.3 Å². The second-order valence-corrected chi connectivity index (χ2v) is 4.51. The lowest BCUT2D eigenvalue weighted by atomic mass is 10.2. The molecule has 0 bridgehead atoms. The van der Waals surface area contributed by atoms with Crippen LogP contribution in [0.5, 0.6) is 0 Å². The second-order valence-electron chi connectivity index (χ2n) is 4.51. The molecule has 1 rings (SSSR count). The van der Waals surface area contributed by atoms with Crippen molar-refractivity contribution in [3.63, 3.8) is 0 Å². The molecule has 0 saturated heterocycles. The highest BCUT2D eigenvalue weighted by atomic mass is 16.5. The first-order chi connectivity index (χ1) is 9.92. The Balaban J connectivity index is 2.48. The van der Waals surface area contributed by atoms with Crippen molar-refractivity contribution < 1.29 is 19.1 Å². The molecular weight excluding hydrogens is 272 g/mol. The minimum Gasteiger partial charge on any atom is -0.453 e. The molecule has 0 spiro atoms. The third-order valence-corrected chi connectivity index (χ3v) is 2.64. The first-order valence-corrected chi connectivity index (χ1v) is 6.42. The van der Waals surface area contributed by atoms with Gasteiger partial charge in [-0.2, -0.15) is 5.26 Å². The molecule has 0 aliphatic rings. The van der Waals surface area contributed by atoms with Crippen molar-refractivity contribution in [2.45, 2.75) is 32.8 Å². The Hall–Kier alpha value is -2.68. The SMILES string of the molecule is CC(=O)CCC(=O)O[C@H](C)C(=O)Nc1ccc(C#N)cc1. The van der Waals surface area contributed by atoms with E-state index >= 15 is 0 Å². The van der Waals surface area contributed by atoms with Gasteiger partial charge in [-0.3, -0.25) is 9.59 Å². The second kappa shape index (κ2) is 7.80. The van der Waals surface area contributed by atoms with Gasteiger partial charge >= 0.3 is 5.97 Å². The highest BCUT2D eigenvalue weighted by molar-refractivity contribution is 5.95. The first kappa shape index (κ1) is 16.4. The smallest absolute Gasteiger partial charge is 0.307 e. The summed E-state index contributed by atoms with van der Waals surface area (Å²) in [6, 6.07) is 8.28. The van der Waals surface area contributed by atoms with Gasteiger partial charge < -0.3 is 14.8 Å². The number of carbonyl (C=O) groups is 3. The summed E-state index contributed by atoms with van der Waals surface area (Å²) in [5, 5.41) is 11.2. The molecule has 6 heteroatoms. The fourth-order valence-corrected chi connectivity index (χ4v) is 1.46. The van der Waals surface area contributed by atoms with Gasteiger partial charge in [0.15, 0.2) is 6.10 Å². The number of Topliss-reactive ketones (excluding diaryl/α,β-unsaturated/α-hetero) is 1. The molecule has 1 amide bonds. The normalized spacial score (nSPS) is 11.1. The Morgan fingerprint density at radius 3 is 2.38 bits per heavy atom. The molecule has 1 atom stereocenters. The van der Waals surface area contributed by atoms with E-state index in [9.17, 15) is 14.4 Å². The predicted molar refractivity (Wildman–Crippen MR) is 75.3 cm³/mol. The van der Waals surface area contributed by atoms with Crippen LogP contribution in [0.25, 0.3) is 0 Å². The molecule has 0 aliphatic heterocycles. The summed E-state index contributed by atoms with van der Waals surface area (Å²) in [5.74, 6) is -1.18. The number of nitrogens with one attached hydrogen (secondary N) is 1. The molecule has 110 valence electrons. The minimum atomic E-state index is -0.958. The molecule has 0 fully saturated rings. The van der Waals surface area contributed by atoms with Crippen LogP contribution in [-0.4, -0.2) is 23.8 Å². The van der Waals surface area contributed by atoms with E-state index in [1.54, 1.807) is 24.3 Å². The monoisotopic (exact) mass is 288 g/mol. The summed E-state index contributed by atoms with van der Waals surface area (Å²) < 4.78 is 4.92. The maximum Gasteiger partial charge on any atom is 0.307 e. The van der Waals surface area contributed by atoms with E-state index in [0.29, 0.717) is 11.3 Å². The Bertz CT molecular complexity index is 572. The maximum absolute atomic E-state index is 11.8. The quantitative estimate of drug-likeness (QED) is 0.805. The van der Waals surface area contributed by atoms with Gasteiger partial charge in [-0.25, -0.2) is 0 Å². The lowest BCUT2D eigenvalue weighted by Crippen LogP contribution is -2.30. The molecule has 0 radical (unpaired) electrons. The van der Waals surface area contributed by atoms with Crippen molar-refractivity contribution in [1.82, 2.24) is 0 Å². The van der Waals surface area contributed by atoms with Crippen molar-refractivity contribution in [2.24, 2.45) is 0 Å². The van der Waals surface area contributed by atoms with E-state index in [1.807, 2.05) is 6.07 Å². The van der Waals surface area contributed by atoms with Gasteiger partial charge in [-0.1, -0.05) is 0 Å². The highest BCUT2D eigenvalue weighted by Crippen LogP contribution is 2.10. The van der Waals surface area contributed by atoms with E-state index in [-0.39, 0.29) is 18.6 Å². The Morgan fingerprint density at radius 1 is 1.24 bits per heavy atom. The van der Waals surface area contributed by atoms with Gasteiger partial charge in [0.2, 0.25) is 0 Å². The third-order valence-electron chi connectivity index (χ3n) is 2.64. The van der Waals surface area contributed by atoms with Crippen molar-refractivity contribution in [3.8, 4) is 6.07 Å². The molecule has 6 nitrogen and oxygen atoms in total. The van der Waals surface area contributed by atoms with E-state index in [4.69, 9.17) is 10.00 Å². The molecule has 0 aliphatic carbocycles. The summed E-state index contributed by atoms with van der Waals surface area (Å²) in [5.41, 5.74) is 0.988. The first-order valence-electron chi connectivity index (χ1n) is 6.42. The molecule has 0 heterocycles. The number of anilines is 1. The fraction of sp³-hybridized carbons (Fsp3) is 0.333. The van der Waals surface area contributed by atoms with Gasteiger partial charge in [0, 0.05) is 12.1 Å². The summed E-state index contributed by atoms with van der Waals surface area (Å²) >= 11 is 0. The molecule has 1 aromatic carbocycles. The standard InChI is InChI=1S/C15H16N2O4/c1-10(18)3-8-14(19)21-11(2)15(20)17-13-6-4-12(9-16)5-7-13/h4-7,11H,3,8H2,1-2H3,(H,17,20)/t11-/m1/s1. The number of ketones is 1. The third kappa shape index (κ3) is 5.87. The van der Waals surface area contributed by atoms with Crippen LogP contribution in [0.2, 0.25) is 0 Å². The van der Waals surface area contributed by atoms with Gasteiger partial charge in [0.1, 0.15) is 5.78 Å². The van der Waals surface area contributed by atoms with Crippen molar-refractivity contribution in [2.75, 3.05) is 5.32 Å². The van der Waals surface area contributed by atoms with E-state index in [0.717, 1.165) is 0 Å². The number of nitrogens with zero attached hydrogens (tertiary/aromatic N) is 1. The van der Waals surface area contributed by atoms with E-state index in [1.165, 1.54) is 13.8 Å². The van der Waals surface area contributed by atoms with Crippen LogP contribution < -0.4 is 5.32 Å². The fourth-order valence-electron chi connectivity index (χ4n) is 1.46. The minimum absolute atomic E-state index is 0.0379. The van der Waals surface area contributed by atoms with E-state index in [2.05, 4.69) is 5.32 Å². The molecular formula is C15H16N2O4. The zero-order chi connectivity index (χ0) is 15.8. The summed E-state index contributed by atoms with van der Waals surface area (Å²) in [4.78, 5) is 34.0. The Labute approximate surface area is 122 Å². The van der Waals surface area contributed by atoms with Crippen molar-refractivity contribution in [1.29, 1.82) is 5.26 Å². The molecule has 0 saturated carbocycles. The van der Waals surface area contributed by atoms with Crippen LogP contribution >= 0.6 is 0 Å². The number of nitriles is 1. The number of carbonyl (C=O) groups excluding carboxylic acids is 3. The Kier molecular flexibility index (Phi) is 6.08. The maximum atomic E-state index is 11.8. The molecule has 21 heavy (non-hydrogen) atoms. The number of hydrogen-bond acceptors (Lipinski definition) is 5. The van der Waals surface area contributed by atoms with E-state index < -0.39 is 18.0 Å².